The third-order valence-corrected chi connectivity index (χ3v) is 5.67. The Bertz CT molecular complexity index is 952. The van der Waals surface area contributed by atoms with Gasteiger partial charge in [-0.15, -0.1) is 10.2 Å². The molecule has 0 saturated carbocycles. The maximum absolute atomic E-state index is 12.1. The Hall–Kier alpha value is -3.12. The molecular weight excluding hydrogens is 410 g/mol. The number of hydrogen-bond donors (Lipinski definition) is 3. The molecule has 1 saturated heterocycles. The number of piperidine rings is 1. The fourth-order valence-electron chi connectivity index (χ4n) is 2.79. The van der Waals surface area contributed by atoms with Crippen LogP contribution in [0.1, 0.15) is 19.3 Å². The van der Waals surface area contributed by atoms with Gasteiger partial charge in [-0.05, 0) is 30.7 Å². The van der Waals surface area contributed by atoms with Gasteiger partial charge in [-0.3, -0.25) is 14.5 Å². The van der Waals surface area contributed by atoms with Crippen LogP contribution in [0.2, 0.25) is 0 Å². The average molecular weight is 433 g/mol. The van der Waals surface area contributed by atoms with E-state index >= 15 is 0 Å². The molecular formula is C18H23N7O4S. The van der Waals surface area contributed by atoms with Gasteiger partial charge in [0.2, 0.25) is 21.8 Å². The first-order valence-electron chi connectivity index (χ1n) is 9.49. The van der Waals surface area contributed by atoms with E-state index in [9.17, 15) is 18.0 Å². The Morgan fingerprint density at radius 1 is 0.933 bits per heavy atom. The van der Waals surface area contributed by atoms with Crippen LogP contribution >= 0.6 is 0 Å². The Balaban J connectivity index is 1.38. The summed E-state index contributed by atoms with van der Waals surface area (Å²) in [6.07, 6.45) is 2.74. The van der Waals surface area contributed by atoms with Crippen molar-refractivity contribution in [3.05, 3.63) is 36.5 Å². The largest absolute Gasteiger partial charge is 0.367 e. The fraction of sp³-hybridized carbons (Fsp3) is 0.389. The van der Waals surface area contributed by atoms with Crippen molar-refractivity contribution in [1.82, 2.24) is 24.8 Å². The van der Waals surface area contributed by atoms with E-state index in [2.05, 4.69) is 30.5 Å². The molecule has 3 heterocycles. The molecule has 0 aromatic carbocycles. The van der Waals surface area contributed by atoms with Crippen molar-refractivity contribution < 1.29 is 18.0 Å². The second-order valence-corrected chi connectivity index (χ2v) is 8.50. The van der Waals surface area contributed by atoms with Crippen LogP contribution in [-0.2, 0) is 19.6 Å². The van der Waals surface area contributed by atoms with Crippen molar-refractivity contribution >= 4 is 39.3 Å². The van der Waals surface area contributed by atoms with Crippen LogP contribution < -0.4 is 15.4 Å². The van der Waals surface area contributed by atoms with Gasteiger partial charge in [0.1, 0.15) is 11.6 Å². The van der Waals surface area contributed by atoms with Crippen LogP contribution in [0, 0.1) is 0 Å². The highest BCUT2D eigenvalue weighted by Gasteiger charge is 2.27. The second kappa shape index (κ2) is 10.1. The van der Waals surface area contributed by atoms with Gasteiger partial charge in [0.15, 0.2) is 5.82 Å². The lowest BCUT2D eigenvalue weighted by Crippen LogP contribution is -2.44. The van der Waals surface area contributed by atoms with Gasteiger partial charge in [0.05, 0.1) is 5.75 Å². The van der Waals surface area contributed by atoms with Gasteiger partial charge < -0.3 is 10.6 Å². The van der Waals surface area contributed by atoms with Crippen molar-refractivity contribution in [3.8, 4) is 0 Å². The fourth-order valence-corrected chi connectivity index (χ4v) is 3.77. The van der Waals surface area contributed by atoms with Crippen LogP contribution in [0.25, 0.3) is 0 Å². The van der Waals surface area contributed by atoms with Gasteiger partial charge in [-0.25, -0.2) is 18.1 Å². The molecule has 11 nitrogen and oxygen atoms in total. The van der Waals surface area contributed by atoms with Gasteiger partial charge in [0.25, 0.3) is 0 Å². The molecule has 12 heteroatoms. The average Bonchev–Trinajstić information content (AvgIpc) is 2.73. The maximum Gasteiger partial charge on any atom is 0.229 e. The lowest BCUT2D eigenvalue weighted by molar-refractivity contribution is -0.147. The topological polar surface area (TPSA) is 146 Å². The summed E-state index contributed by atoms with van der Waals surface area (Å²) in [5.74, 6) is 0.713. The van der Waals surface area contributed by atoms with E-state index in [4.69, 9.17) is 0 Å². The molecule has 0 spiro atoms. The van der Waals surface area contributed by atoms with Gasteiger partial charge in [-0.2, -0.15) is 0 Å². The monoisotopic (exact) mass is 433 g/mol. The molecule has 2 aromatic heterocycles. The van der Waals surface area contributed by atoms with Crippen molar-refractivity contribution in [3.63, 3.8) is 0 Å². The lowest BCUT2D eigenvalue weighted by atomic mass is 10.1. The van der Waals surface area contributed by atoms with Crippen molar-refractivity contribution in [2.75, 3.05) is 36.0 Å². The summed E-state index contributed by atoms with van der Waals surface area (Å²) in [7, 11) is -3.61. The molecule has 0 atom stereocenters. The maximum atomic E-state index is 12.1. The van der Waals surface area contributed by atoms with E-state index in [0.29, 0.717) is 30.4 Å². The first kappa shape index (κ1) is 21.6. The summed E-state index contributed by atoms with van der Waals surface area (Å²) >= 11 is 0. The zero-order valence-corrected chi connectivity index (χ0v) is 17.1. The number of nitrogens with one attached hydrogen (secondary N) is 3. The predicted octanol–water partition coefficient (Wildman–Crippen LogP) is 0.486. The second-order valence-electron chi connectivity index (χ2n) is 6.58. The minimum Gasteiger partial charge on any atom is -0.367 e. The van der Waals surface area contributed by atoms with E-state index in [1.807, 2.05) is 12.1 Å². The van der Waals surface area contributed by atoms with E-state index in [0.717, 1.165) is 4.90 Å². The zero-order valence-electron chi connectivity index (χ0n) is 16.2. The highest BCUT2D eigenvalue weighted by molar-refractivity contribution is 7.89. The molecule has 3 rings (SSSR count). The number of amides is 2. The summed E-state index contributed by atoms with van der Waals surface area (Å²) in [5.41, 5.74) is 0. The van der Waals surface area contributed by atoms with E-state index in [1.54, 1.807) is 24.4 Å². The quantitative estimate of drug-likeness (QED) is 0.360. The first-order chi connectivity index (χ1) is 14.4. The highest BCUT2D eigenvalue weighted by Crippen LogP contribution is 2.12. The molecule has 0 bridgehead atoms. The number of nitrogens with zero attached hydrogens (tertiary/aromatic N) is 4. The Labute approximate surface area is 174 Å². The van der Waals surface area contributed by atoms with Crippen molar-refractivity contribution in [2.45, 2.75) is 19.3 Å². The van der Waals surface area contributed by atoms with E-state index < -0.39 is 10.0 Å². The number of imide groups is 1. The molecule has 3 N–H and O–H groups in total. The zero-order chi connectivity index (χ0) is 21.4. The normalized spacial score (nSPS) is 14.6. The SMILES string of the molecule is O=C1CCCC(=O)N1CCS(=O)(=O)NCCNc1ccc(Nc2ccccn2)nn1. The number of hydrogen-bond acceptors (Lipinski definition) is 9. The molecule has 2 amide bonds. The number of carbonyl (C=O) groups excluding carboxylic acids is 2. The standard InChI is InChI=1S/C18H23N7O4S/c26-17-5-3-6-18(27)25(17)12-13-30(28,29)21-11-10-20-15-7-8-16(24-23-15)22-14-4-1-2-9-19-14/h1-2,4,7-9,21H,3,5-6,10-13H2,(H,20,23)(H,19,22,24). The molecule has 0 unspecified atom stereocenters. The van der Waals surface area contributed by atoms with Crippen molar-refractivity contribution in [1.29, 1.82) is 0 Å². The molecule has 0 radical (unpaired) electrons. The molecule has 30 heavy (non-hydrogen) atoms. The van der Waals surface area contributed by atoms with Gasteiger partial charge in [0, 0.05) is 38.7 Å². The summed E-state index contributed by atoms with van der Waals surface area (Å²) in [6, 6.07) is 8.89. The van der Waals surface area contributed by atoms with E-state index in [1.165, 1.54) is 0 Å². The Kier molecular flexibility index (Phi) is 7.25. The smallest absolute Gasteiger partial charge is 0.229 e. The predicted molar refractivity (Wildman–Crippen MR) is 110 cm³/mol. The number of pyridine rings is 1. The van der Waals surface area contributed by atoms with Crippen LogP contribution in [0.5, 0.6) is 0 Å². The van der Waals surface area contributed by atoms with Crippen molar-refractivity contribution in [2.24, 2.45) is 0 Å². The van der Waals surface area contributed by atoms with Crippen LogP contribution in [0.3, 0.4) is 0 Å². The van der Waals surface area contributed by atoms with E-state index in [-0.39, 0.29) is 43.5 Å². The molecule has 2 aromatic rings. The minimum atomic E-state index is -3.61. The Morgan fingerprint density at radius 3 is 2.33 bits per heavy atom. The molecule has 1 aliphatic heterocycles. The molecule has 0 aliphatic carbocycles. The van der Waals surface area contributed by atoms with Gasteiger partial charge in [-0.1, -0.05) is 6.07 Å². The highest BCUT2D eigenvalue weighted by atomic mass is 32.2. The third kappa shape index (κ3) is 6.46. The number of rotatable bonds is 10. The summed E-state index contributed by atoms with van der Waals surface area (Å²) in [6.45, 7) is 0.291. The number of sulfonamides is 1. The lowest BCUT2D eigenvalue weighted by Gasteiger charge is -2.24. The van der Waals surface area contributed by atoms with Crippen LogP contribution in [0.15, 0.2) is 36.5 Å². The first-order valence-corrected chi connectivity index (χ1v) is 11.1. The third-order valence-electron chi connectivity index (χ3n) is 4.31. The minimum absolute atomic E-state index is 0.125. The number of aromatic nitrogens is 3. The van der Waals surface area contributed by atoms with Crippen LogP contribution in [-0.4, -0.2) is 65.7 Å². The molecule has 160 valence electrons. The summed E-state index contributed by atoms with van der Waals surface area (Å²) in [5, 5.41) is 14.0. The Morgan fingerprint density at radius 2 is 1.67 bits per heavy atom. The van der Waals surface area contributed by atoms with Gasteiger partial charge >= 0.3 is 0 Å². The summed E-state index contributed by atoms with van der Waals surface area (Å²) < 4.78 is 26.6. The van der Waals surface area contributed by atoms with Crippen LogP contribution in [0.4, 0.5) is 17.5 Å². The molecule has 1 aliphatic rings. The number of carbonyl (C=O) groups is 2. The molecule has 1 fully saturated rings. The summed E-state index contributed by atoms with van der Waals surface area (Å²) in [4.78, 5) is 28.6. The number of anilines is 3. The number of likely N-dealkylation sites (tertiary alicyclic amines) is 1.